The summed E-state index contributed by atoms with van der Waals surface area (Å²) < 4.78 is 1.88. The lowest BCUT2D eigenvalue weighted by Gasteiger charge is -2.05. The number of nitrogens with zero attached hydrogens (tertiary/aromatic N) is 2. The molecule has 0 aliphatic heterocycles. The number of aromatic nitrogens is 2. The zero-order valence-electron chi connectivity index (χ0n) is 9.84. The third kappa shape index (κ3) is 2.74. The Morgan fingerprint density at radius 1 is 1.24 bits per heavy atom. The number of hydrogen-bond acceptors (Lipinski definition) is 2. The van der Waals surface area contributed by atoms with Crippen LogP contribution in [0.5, 0.6) is 0 Å². The average Bonchev–Trinajstić information content (AvgIpc) is 3.03. The van der Waals surface area contributed by atoms with E-state index >= 15 is 0 Å². The molecule has 1 fully saturated rings. The first-order valence-electron chi connectivity index (χ1n) is 6.21. The van der Waals surface area contributed by atoms with E-state index in [4.69, 9.17) is 0 Å². The maximum absolute atomic E-state index is 4.21. The summed E-state index contributed by atoms with van der Waals surface area (Å²) in [5.41, 5.74) is 2.45. The molecule has 2 aromatic rings. The van der Waals surface area contributed by atoms with Crippen LogP contribution in [0.2, 0.25) is 0 Å². The fourth-order valence-electron chi connectivity index (χ4n) is 1.93. The Kier molecular flexibility index (Phi) is 2.92. The molecule has 1 aromatic carbocycles. The van der Waals surface area contributed by atoms with Gasteiger partial charge >= 0.3 is 0 Å². The van der Waals surface area contributed by atoms with E-state index in [2.05, 4.69) is 34.7 Å². The maximum atomic E-state index is 4.21. The number of hydrogen-bond donors (Lipinski definition) is 1. The van der Waals surface area contributed by atoms with E-state index in [0.717, 1.165) is 18.2 Å². The summed E-state index contributed by atoms with van der Waals surface area (Å²) in [6.45, 7) is 2.14. The fraction of sp³-hybridized carbons (Fsp3) is 0.357. The molecule has 1 aliphatic rings. The Hall–Kier alpha value is -1.61. The van der Waals surface area contributed by atoms with E-state index in [1.165, 1.54) is 24.9 Å². The van der Waals surface area contributed by atoms with Crippen LogP contribution in [-0.4, -0.2) is 16.3 Å². The van der Waals surface area contributed by atoms with Gasteiger partial charge in [0.25, 0.3) is 0 Å². The average molecular weight is 227 g/mol. The molecular weight excluding hydrogens is 210 g/mol. The first kappa shape index (κ1) is 10.5. The lowest BCUT2D eigenvalue weighted by atomic mass is 10.2. The summed E-state index contributed by atoms with van der Waals surface area (Å²) >= 11 is 0. The molecule has 0 saturated heterocycles. The van der Waals surface area contributed by atoms with Crippen LogP contribution in [0.15, 0.2) is 42.7 Å². The van der Waals surface area contributed by atoms with Gasteiger partial charge in [-0.15, -0.1) is 0 Å². The zero-order chi connectivity index (χ0) is 11.5. The van der Waals surface area contributed by atoms with Crippen molar-refractivity contribution in [2.45, 2.75) is 19.4 Å². The molecule has 0 amide bonds. The van der Waals surface area contributed by atoms with Gasteiger partial charge in [0.2, 0.25) is 0 Å². The molecule has 1 aliphatic carbocycles. The molecule has 1 heterocycles. The van der Waals surface area contributed by atoms with Gasteiger partial charge in [-0.25, -0.2) is 4.68 Å². The molecule has 0 bridgehead atoms. The lowest BCUT2D eigenvalue weighted by Crippen LogP contribution is -2.16. The molecule has 88 valence electrons. The molecule has 3 rings (SSSR count). The van der Waals surface area contributed by atoms with Gasteiger partial charge < -0.3 is 5.32 Å². The van der Waals surface area contributed by atoms with Crippen LogP contribution in [0, 0.1) is 5.92 Å². The highest BCUT2D eigenvalue weighted by Gasteiger charge is 2.19. The summed E-state index contributed by atoms with van der Waals surface area (Å²) in [7, 11) is 0. The predicted molar refractivity (Wildman–Crippen MR) is 68.0 cm³/mol. The van der Waals surface area contributed by atoms with Gasteiger partial charge in [0, 0.05) is 18.9 Å². The van der Waals surface area contributed by atoms with E-state index < -0.39 is 0 Å². The van der Waals surface area contributed by atoms with Crippen molar-refractivity contribution in [3.63, 3.8) is 0 Å². The van der Waals surface area contributed by atoms with Crippen LogP contribution in [0.25, 0.3) is 5.69 Å². The van der Waals surface area contributed by atoms with Crippen molar-refractivity contribution in [3.8, 4) is 5.69 Å². The normalized spacial score (nSPS) is 15.1. The summed E-state index contributed by atoms with van der Waals surface area (Å²) in [6, 6.07) is 10.5. The van der Waals surface area contributed by atoms with Crippen molar-refractivity contribution in [2.75, 3.05) is 6.54 Å². The Labute approximate surface area is 101 Å². The minimum Gasteiger partial charge on any atom is -0.312 e. The maximum Gasteiger partial charge on any atom is 0.0645 e. The number of nitrogens with one attached hydrogen (secondary N) is 1. The Morgan fingerprint density at radius 3 is 2.71 bits per heavy atom. The first-order valence-corrected chi connectivity index (χ1v) is 6.21. The standard InChI is InChI=1S/C14H17N3/c1-8-16-17(9-1)14-6-4-13(5-7-14)11-15-10-12-2-3-12/h1,4-9,12,15H,2-3,10-11H2. The second kappa shape index (κ2) is 4.72. The molecule has 1 N–H and O–H groups in total. The monoisotopic (exact) mass is 227 g/mol. The molecule has 0 atom stereocenters. The largest absolute Gasteiger partial charge is 0.312 e. The molecule has 0 unspecified atom stereocenters. The highest BCUT2D eigenvalue weighted by atomic mass is 15.3. The van der Waals surface area contributed by atoms with Crippen LogP contribution < -0.4 is 5.32 Å². The van der Waals surface area contributed by atoms with Crippen molar-refractivity contribution in [2.24, 2.45) is 5.92 Å². The van der Waals surface area contributed by atoms with Gasteiger partial charge in [-0.1, -0.05) is 12.1 Å². The highest BCUT2D eigenvalue weighted by molar-refractivity contribution is 5.33. The van der Waals surface area contributed by atoms with E-state index in [1.807, 2.05) is 16.9 Å². The lowest BCUT2D eigenvalue weighted by molar-refractivity contribution is 0.638. The Bertz CT molecular complexity index is 455. The Morgan fingerprint density at radius 2 is 2.06 bits per heavy atom. The quantitative estimate of drug-likeness (QED) is 0.850. The molecule has 17 heavy (non-hydrogen) atoms. The fourth-order valence-corrected chi connectivity index (χ4v) is 1.93. The van der Waals surface area contributed by atoms with Gasteiger partial charge in [-0.3, -0.25) is 0 Å². The first-order chi connectivity index (χ1) is 8.42. The van der Waals surface area contributed by atoms with Gasteiger partial charge in [-0.2, -0.15) is 5.10 Å². The third-order valence-electron chi connectivity index (χ3n) is 3.16. The van der Waals surface area contributed by atoms with Gasteiger partial charge in [-0.05, 0) is 49.1 Å². The van der Waals surface area contributed by atoms with Gasteiger partial charge in [0.05, 0.1) is 5.69 Å². The van der Waals surface area contributed by atoms with Gasteiger partial charge in [0.1, 0.15) is 0 Å². The molecule has 0 radical (unpaired) electrons. The van der Waals surface area contributed by atoms with Crippen molar-refractivity contribution in [1.82, 2.24) is 15.1 Å². The molecule has 3 heteroatoms. The molecule has 3 nitrogen and oxygen atoms in total. The van der Waals surface area contributed by atoms with Crippen molar-refractivity contribution in [3.05, 3.63) is 48.3 Å². The summed E-state index contributed by atoms with van der Waals surface area (Å²) in [6.07, 6.45) is 6.57. The van der Waals surface area contributed by atoms with E-state index in [-0.39, 0.29) is 0 Å². The number of benzene rings is 1. The predicted octanol–water partition coefficient (Wildman–Crippen LogP) is 2.37. The highest BCUT2D eigenvalue weighted by Crippen LogP contribution is 2.27. The minimum absolute atomic E-state index is 0.943. The summed E-state index contributed by atoms with van der Waals surface area (Å²) in [4.78, 5) is 0. The van der Waals surface area contributed by atoms with E-state index in [1.54, 1.807) is 6.20 Å². The second-order valence-corrected chi connectivity index (χ2v) is 4.69. The molecule has 0 spiro atoms. The van der Waals surface area contributed by atoms with E-state index in [0.29, 0.717) is 0 Å². The van der Waals surface area contributed by atoms with Crippen LogP contribution in [-0.2, 0) is 6.54 Å². The number of rotatable bonds is 5. The smallest absolute Gasteiger partial charge is 0.0645 e. The SMILES string of the molecule is c1cnn(-c2ccc(CNCC3CC3)cc2)c1. The van der Waals surface area contributed by atoms with Crippen molar-refractivity contribution in [1.29, 1.82) is 0 Å². The summed E-state index contributed by atoms with van der Waals surface area (Å²) in [5.74, 6) is 0.943. The molecule has 1 saturated carbocycles. The van der Waals surface area contributed by atoms with Crippen LogP contribution in [0.4, 0.5) is 0 Å². The van der Waals surface area contributed by atoms with Crippen LogP contribution in [0.1, 0.15) is 18.4 Å². The van der Waals surface area contributed by atoms with E-state index in [9.17, 15) is 0 Å². The van der Waals surface area contributed by atoms with Crippen LogP contribution >= 0.6 is 0 Å². The van der Waals surface area contributed by atoms with Crippen LogP contribution in [0.3, 0.4) is 0 Å². The Balaban J connectivity index is 1.59. The van der Waals surface area contributed by atoms with Gasteiger partial charge in [0.15, 0.2) is 0 Å². The molecule has 1 aromatic heterocycles. The minimum atomic E-state index is 0.943. The summed E-state index contributed by atoms with van der Waals surface area (Å²) in [5, 5.41) is 7.71. The van der Waals surface area contributed by atoms with Crippen molar-refractivity contribution < 1.29 is 0 Å². The zero-order valence-corrected chi connectivity index (χ0v) is 9.84. The molecular formula is C14H17N3. The second-order valence-electron chi connectivity index (χ2n) is 4.69. The van der Waals surface area contributed by atoms with Crippen molar-refractivity contribution >= 4 is 0 Å². The third-order valence-corrected chi connectivity index (χ3v) is 3.16. The topological polar surface area (TPSA) is 29.9 Å².